The molecule has 0 bridgehead atoms. The van der Waals surface area contributed by atoms with Gasteiger partial charge < -0.3 is 9.47 Å². The largest absolute Gasteiger partial charge is 0.458 e. The minimum atomic E-state index is -1.10. The average Bonchev–Trinajstić information content (AvgIpc) is 3.34. The number of carbonyl (C=O) groups excluding carboxylic acids is 4. The second kappa shape index (κ2) is 5.99. The molecule has 0 aromatic carbocycles. The molecule has 1 saturated heterocycles. The zero-order valence-electron chi connectivity index (χ0n) is 17.5. The third-order valence-electron chi connectivity index (χ3n) is 9.59. The second-order valence-electron chi connectivity index (χ2n) is 10.5. The average molecular weight is 402 g/mol. The molecular formula is C23H30O6. The molecular weight excluding hydrogens is 372 g/mol. The standard InChI is InChI=1S/C23H30O6/c1-12(24)28-11-19(27)23-20(29-23)10-17-15-5-4-13-8-14(25)6-7-21(13,2)16(15)9-18(26)22(17,23)3/h13,15-17,20H,4-11H2,1-3H3. The Labute approximate surface area is 171 Å². The van der Waals surface area contributed by atoms with Crippen molar-refractivity contribution in [2.75, 3.05) is 6.61 Å². The van der Waals surface area contributed by atoms with Crippen molar-refractivity contribution in [2.45, 2.75) is 77.4 Å². The van der Waals surface area contributed by atoms with E-state index in [2.05, 4.69) is 6.92 Å². The number of fused-ring (bicyclic) bond motifs is 7. The Bertz CT molecular complexity index is 818. The van der Waals surface area contributed by atoms with Gasteiger partial charge in [-0.2, -0.15) is 0 Å². The third kappa shape index (κ3) is 2.32. The van der Waals surface area contributed by atoms with Crippen molar-refractivity contribution in [1.82, 2.24) is 0 Å². The Balaban J connectivity index is 1.45. The fraction of sp³-hybridized carbons (Fsp3) is 0.826. The number of epoxide rings is 1. The molecule has 5 fully saturated rings. The van der Waals surface area contributed by atoms with Crippen LogP contribution in [0.25, 0.3) is 0 Å². The van der Waals surface area contributed by atoms with E-state index in [0.717, 1.165) is 25.7 Å². The summed E-state index contributed by atoms with van der Waals surface area (Å²) in [6.07, 6.45) is 5.19. The number of carbonyl (C=O) groups is 4. The molecule has 4 saturated carbocycles. The van der Waals surface area contributed by atoms with Gasteiger partial charge in [0.2, 0.25) is 5.78 Å². The Morgan fingerprint density at radius 3 is 2.62 bits per heavy atom. The quantitative estimate of drug-likeness (QED) is 0.533. The molecule has 1 aliphatic heterocycles. The Morgan fingerprint density at radius 1 is 1.14 bits per heavy atom. The predicted octanol–water partition coefficient (Wildman–Crippen LogP) is 2.66. The molecule has 4 aliphatic carbocycles. The molecule has 0 radical (unpaired) electrons. The summed E-state index contributed by atoms with van der Waals surface area (Å²) in [6, 6.07) is 0. The summed E-state index contributed by atoms with van der Waals surface area (Å²) >= 11 is 0. The highest BCUT2D eigenvalue weighted by molar-refractivity contribution is 6.02. The van der Waals surface area contributed by atoms with E-state index >= 15 is 0 Å². The molecule has 0 N–H and O–H groups in total. The smallest absolute Gasteiger partial charge is 0.303 e. The van der Waals surface area contributed by atoms with Crippen LogP contribution in [-0.4, -0.2) is 41.6 Å². The molecule has 6 heteroatoms. The lowest BCUT2D eigenvalue weighted by atomic mass is 9.44. The van der Waals surface area contributed by atoms with Crippen LogP contribution >= 0.6 is 0 Å². The van der Waals surface area contributed by atoms with E-state index in [9.17, 15) is 19.2 Å². The first-order valence-corrected chi connectivity index (χ1v) is 11.0. The summed E-state index contributed by atoms with van der Waals surface area (Å²) in [6.45, 7) is 5.18. The summed E-state index contributed by atoms with van der Waals surface area (Å²) in [5.41, 5.74) is -1.89. The van der Waals surface area contributed by atoms with E-state index in [1.54, 1.807) is 0 Å². The van der Waals surface area contributed by atoms with Crippen LogP contribution in [0.3, 0.4) is 0 Å². The van der Waals surface area contributed by atoms with Crippen molar-refractivity contribution in [3.63, 3.8) is 0 Å². The van der Waals surface area contributed by atoms with Crippen molar-refractivity contribution < 1.29 is 28.7 Å². The van der Waals surface area contributed by atoms with Crippen LogP contribution in [0.5, 0.6) is 0 Å². The zero-order valence-corrected chi connectivity index (χ0v) is 17.5. The first kappa shape index (κ1) is 19.4. The minimum Gasteiger partial charge on any atom is -0.458 e. The van der Waals surface area contributed by atoms with Gasteiger partial charge in [-0.25, -0.2) is 0 Å². The lowest BCUT2D eigenvalue weighted by Gasteiger charge is -2.59. The number of hydrogen-bond donors (Lipinski definition) is 0. The van der Waals surface area contributed by atoms with Crippen LogP contribution in [0.2, 0.25) is 0 Å². The first-order chi connectivity index (χ1) is 13.6. The molecule has 6 nitrogen and oxygen atoms in total. The first-order valence-electron chi connectivity index (χ1n) is 11.0. The lowest BCUT2D eigenvalue weighted by molar-refractivity contribution is -0.169. The number of Topliss-reactive ketones (excluding diaryl/α,β-unsaturated/α-hetero) is 3. The lowest BCUT2D eigenvalue weighted by Crippen LogP contribution is -2.60. The molecule has 5 aliphatic rings. The number of esters is 1. The van der Waals surface area contributed by atoms with Crippen molar-refractivity contribution in [2.24, 2.45) is 34.5 Å². The van der Waals surface area contributed by atoms with Gasteiger partial charge in [-0.3, -0.25) is 19.2 Å². The Hall–Kier alpha value is -1.56. The number of ether oxygens (including phenoxy) is 2. The Kier molecular flexibility index (Phi) is 4.01. The molecule has 0 aromatic rings. The van der Waals surface area contributed by atoms with Crippen LogP contribution in [0.4, 0.5) is 0 Å². The fourth-order valence-corrected chi connectivity index (χ4v) is 7.93. The van der Waals surface area contributed by atoms with Gasteiger partial charge in [0.05, 0.1) is 11.5 Å². The third-order valence-corrected chi connectivity index (χ3v) is 9.59. The number of rotatable bonds is 3. The van der Waals surface area contributed by atoms with Crippen LogP contribution in [0.1, 0.15) is 65.7 Å². The molecule has 1 heterocycles. The maximum atomic E-state index is 13.6. The molecule has 0 spiro atoms. The summed E-state index contributed by atoms with van der Waals surface area (Å²) in [5, 5.41) is 0. The summed E-state index contributed by atoms with van der Waals surface area (Å²) < 4.78 is 10.9. The summed E-state index contributed by atoms with van der Waals surface area (Å²) in [4.78, 5) is 49.8. The summed E-state index contributed by atoms with van der Waals surface area (Å²) in [5.74, 6) is 0.914. The van der Waals surface area contributed by atoms with Gasteiger partial charge in [0, 0.05) is 26.2 Å². The molecule has 5 rings (SSSR count). The van der Waals surface area contributed by atoms with Crippen molar-refractivity contribution >= 4 is 23.3 Å². The Morgan fingerprint density at radius 2 is 1.90 bits per heavy atom. The molecule has 0 amide bonds. The van der Waals surface area contributed by atoms with Gasteiger partial charge in [0.25, 0.3) is 0 Å². The van der Waals surface area contributed by atoms with Crippen molar-refractivity contribution in [1.29, 1.82) is 0 Å². The minimum absolute atomic E-state index is 0.0381. The van der Waals surface area contributed by atoms with Crippen molar-refractivity contribution in [3.05, 3.63) is 0 Å². The molecule has 8 atom stereocenters. The second-order valence-corrected chi connectivity index (χ2v) is 10.5. The number of hydrogen-bond acceptors (Lipinski definition) is 6. The maximum Gasteiger partial charge on any atom is 0.303 e. The van der Waals surface area contributed by atoms with Crippen molar-refractivity contribution in [3.8, 4) is 0 Å². The van der Waals surface area contributed by atoms with Gasteiger partial charge >= 0.3 is 5.97 Å². The normalized spacial score (nSPS) is 50.1. The summed E-state index contributed by atoms with van der Waals surface area (Å²) in [7, 11) is 0. The molecule has 8 unspecified atom stereocenters. The molecule has 29 heavy (non-hydrogen) atoms. The van der Waals surface area contributed by atoms with Gasteiger partial charge in [-0.1, -0.05) is 6.92 Å². The van der Waals surface area contributed by atoms with Gasteiger partial charge in [-0.05, 0) is 61.7 Å². The zero-order chi connectivity index (χ0) is 20.8. The maximum absolute atomic E-state index is 13.6. The topological polar surface area (TPSA) is 90.0 Å². The van der Waals surface area contributed by atoms with E-state index in [-0.39, 0.29) is 41.5 Å². The highest BCUT2D eigenvalue weighted by Gasteiger charge is 2.83. The fourth-order valence-electron chi connectivity index (χ4n) is 7.93. The highest BCUT2D eigenvalue weighted by Crippen LogP contribution is 2.72. The van der Waals surface area contributed by atoms with E-state index < -0.39 is 17.0 Å². The van der Waals surface area contributed by atoms with Gasteiger partial charge in [-0.15, -0.1) is 0 Å². The molecule has 158 valence electrons. The van der Waals surface area contributed by atoms with Crippen LogP contribution in [-0.2, 0) is 28.7 Å². The van der Waals surface area contributed by atoms with Gasteiger partial charge in [0.15, 0.2) is 12.2 Å². The predicted molar refractivity (Wildman–Crippen MR) is 102 cm³/mol. The van der Waals surface area contributed by atoms with Crippen LogP contribution < -0.4 is 0 Å². The van der Waals surface area contributed by atoms with Gasteiger partial charge in [0.1, 0.15) is 11.6 Å². The van der Waals surface area contributed by atoms with Crippen LogP contribution in [0.15, 0.2) is 0 Å². The van der Waals surface area contributed by atoms with E-state index in [0.29, 0.717) is 36.9 Å². The van der Waals surface area contributed by atoms with E-state index in [1.165, 1.54) is 6.92 Å². The molecule has 0 aromatic heterocycles. The SMILES string of the molecule is CC(=O)OCC(=O)C12OC1CC1C3CCC4CC(=O)CCC4(C)C3CC(=O)C12C. The highest BCUT2D eigenvalue weighted by atomic mass is 16.6. The number of ketones is 3. The van der Waals surface area contributed by atoms with Crippen LogP contribution in [0, 0.1) is 34.5 Å². The van der Waals surface area contributed by atoms with E-state index in [4.69, 9.17) is 9.47 Å². The monoisotopic (exact) mass is 402 g/mol. The van der Waals surface area contributed by atoms with E-state index in [1.807, 2.05) is 6.92 Å².